The quantitative estimate of drug-likeness (QED) is 0.479. The summed E-state index contributed by atoms with van der Waals surface area (Å²) >= 11 is 0. The Morgan fingerprint density at radius 1 is 0.974 bits per heavy atom. The Bertz CT molecular complexity index is 1110. The highest BCUT2D eigenvalue weighted by Crippen LogP contribution is 2.46. The van der Waals surface area contributed by atoms with Crippen LogP contribution in [0.25, 0.3) is 10.9 Å². The Hall–Kier alpha value is -2.91. The summed E-state index contributed by atoms with van der Waals surface area (Å²) in [6.07, 6.45) is 10.9. The first-order chi connectivity index (χ1) is 18.1. The smallest absolute Gasteiger partial charge is 0.300 e. The van der Waals surface area contributed by atoms with E-state index >= 15 is 0 Å². The van der Waals surface area contributed by atoms with Crippen molar-refractivity contribution in [2.45, 2.75) is 76.9 Å². The third-order valence-corrected chi connectivity index (χ3v) is 8.34. The second kappa shape index (κ2) is 12.3. The van der Waals surface area contributed by atoms with Crippen molar-refractivity contribution < 1.29 is 24.6 Å². The molecule has 1 aliphatic carbocycles. The number of aliphatic carboxylic acids is 2. The van der Waals surface area contributed by atoms with Crippen LogP contribution in [0.1, 0.15) is 57.9 Å². The van der Waals surface area contributed by atoms with Crippen LogP contribution >= 0.6 is 0 Å². The summed E-state index contributed by atoms with van der Waals surface area (Å²) < 4.78 is 0. The zero-order chi connectivity index (χ0) is 27.4. The number of rotatable bonds is 4. The molecular formula is C29H42N4O5. The molecule has 3 aliphatic heterocycles. The maximum Gasteiger partial charge on any atom is 0.300 e. The maximum absolute atomic E-state index is 13.3. The van der Waals surface area contributed by atoms with Gasteiger partial charge in [0.15, 0.2) is 0 Å². The summed E-state index contributed by atoms with van der Waals surface area (Å²) in [5, 5.41) is 16.0. The van der Waals surface area contributed by atoms with Crippen molar-refractivity contribution in [3.63, 3.8) is 0 Å². The number of likely N-dealkylation sites (tertiary alicyclic amines) is 1. The SMILES string of the molecule is CC(=O)O.CC(=O)O.N[C@H](Cc1c[nH]c2ccccc12)C(=O)N1C[C@@H]2C[C@H](C1)[C@@H]1CCC[C@H](C3CC3)N1C2. The molecule has 1 amide bonds. The molecule has 6 rings (SSSR count). The molecule has 38 heavy (non-hydrogen) atoms. The van der Waals surface area contributed by atoms with Gasteiger partial charge in [-0.1, -0.05) is 24.6 Å². The van der Waals surface area contributed by atoms with Crippen molar-refractivity contribution in [1.29, 1.82) is 0 Å². The van der Waals surface area contributed by atoms with Gasteiger partial charge < -0.3 is 25.8 Å². The Kier molecular flexibility index (Phi) is 9.10. The number of piperidine rings is 3. The summed E-state index contributed by atoms with van der Waals surface area (Å²) in [7, 11) is 0. The van der Waals surface area contributed by atoms with E-state index < -0.39 is 18.0 Å². The van der Waals surface area contributed by atoms with Crippen molar-refractivity contribution >= 4 is 28.7 Å². The van der Waals surface area contributed by atoms with Crippen LogP contribution in [0, 0.1) is 17.8 Å². The number of carboxylic acid groups (broad SMARTS) is 2. The van der Waals surface area contributed by atoms with Crippen LogP contribution in [0.2, 0.25) is 0 Å². The molecular weight excluding hydrogens is 484 g/mol. The zero-order valence-electron chi connectivity index (χ0n) is 22.5. The van der Waals surface area contributed by atoms with Crippen molar-refractivity contribution in [2.75, 3.05) is 19.6 Å². The number of aromatic nitrogens is 1. The monoisotopic (exact) mass is 526 g/mol. The van der Waals surface area contributed by atoms with Gasteiger partial charge in [0.1, 0.15) is 0 Å². The molecule has 0 spiro atoms. The fourth-order valence-corrected chi connectivity index (χ4v) is 6.87. The zero-order valence-corrected chi connectivity index (χ0v) is 22.5. The number of carbonyl (C=O) groups is 3. The van der Waals surface area contributed by atoms with Crippen LogP contribution in [0.3, 0.4) is 0 Å². The number of nitrogens with two attached hydrogens (primary N) is 1. The number of nitrogens with one attached hydrogen (secondary N) is 1. The number of fused-ring (bicyclic) bond motifs is 5. The third kappa shape index (κ3) is 6.94. The minimum atomic E-state index is -0.833. The highest BCUT2D eigenvalue weighted by molar-refractivity contribution is 5.86. The molecule has 1 saturated carbocycles. The number of hydrogen-bond donors (Lipinski definition) is 4. The number of hydrogen-bond acceptors (Lipinski definition) is 5. The van der Waals surface area contributed by atoms with Crippen molar-refractivity contribution in [2.24, 2.45) is 23.5 Å². The van der Waals surface area contributed by atoms with Crippen molar-refractivity contribution in [3.8, 4) is 0 Å². The lowest BCUT2D eigenvalue weighted by molar-refractivity contribution is -0.140. The number of carbonyl (C=O) groups excluding carboxylic acids is 1. The van der Waals surface area contributed by atoms with Crippen molar-refractivity contribution in [1.82, 2.24) is 14.8 Å². The van der Waals surface area contributed by atoms with E-state index in [-0.39, 0.29) is 5.91 Å². The molecule has 2 aromatic rings. The first kappa shape index (κ1) is 28.1. The summed E-state index contributed by atoms with van der Waals surface area (Å²) in [5.74, 6) is 0.721. The van der Waals surface area contributed by atoms with E-state index in [1.165, 1.54) is 50.5 Å². The van der Waals surface area contributed by atoms with E-state index in [2.05, 4.69) is 26.9 Å². The topological polar surface area (TPSA) is 140 Å². The lowest BCUT2D eigenvalue weighted by atomic mass is 9.74. The third-order valence-electron chi connectivity index (χ3n) is 8.34. The fourth-order valence-electron chi connectivity index (χ4n) is 6.87. The highest BCUT2D eigenvalue weighted by Gasteiger charge is 2.48. The van der Waals surface area contributed by atoms with E-state index in [9.17, 15) is 4.79 Å². The predicted molar refractivity (Wildman–Crippen MR) is 146 cm³/mol. The second-order valence-corrected chi connectivity index (χ2v) is 11.4. The van der Waals surface area contributed by atoms with E-state index in [1.54, 1.807) is 0 Å². The van der Waals surface area contributed by atoms with Gasteiger partial charge in [-0.15, -0.1) is 0 Å². The van der Waals surface area contributed by atoms with E-state index in [0.29, 0.717) is 24.3 Å². The van der Waals surface area contributed by atoms with E-state index in [0.717, 1.165) is 50.0 Å². The summed E-state index contributed by atoms with van der Waals surface area (Å²) in [6, 6.07) is 9.33. The normalized spacial score (nSPS) is 27.2. The molecule has 9 heteroatoms. The summed E-state index contributed by atoms with van der Waals surface area (Å²) in [5.41, 5.74) is 8.73. The van der Waals surface area contributed by atoms with Crippen molar-refractivity contribution in [3.05, 3.63) is 36.0 Å². The fraction of sp³-hybridized carbons (Fsp3) is 0.621. The van der Waals surface area contributed by atoms with Gasteiger partial charge in [-0.25, -0.2) is 0 Å². The lowest BCUT2D eigenvalue weighted by Gasteiger charge is -2.55. The van der Waals surface area contributed by atoms with Gasteiger partial charge in [0.05, 0.1) is 6.04 Å². The van der Waals surface area contributed by atoms with Gasteiger partial charge >= 0.3 is 0 Å². The molecule has 5 N–H and O–H groups in total. The molecule has 1 aromatic heterocycles. The molecule has 4 aliphatic rings. The summed E-state index contributed by atoms with van der Waals surface area (Å²) in [6.45, 7) is 5.18. The van der Waals surface area contributed by atoms with Crippen LogP contribution < -0.4 is 5.73 Å². The number of benzene rings is 1. The highest BCUT2D eigenvalue weighted by atomic mass is 16.4. The molecule has 1 aromatic carbocycles. The molecule has 4 fully saturated rings. The number of nitrogens with zero attached hydrogens (tertiary/aromatic N) is 2. The van der Waals surface area contributed by atoms with E-state index in [4.69, 9.17) is 25.5 Å². The number of aromatic amines is 1. The molecule has 9 nitrogen and oxygen atoms in total. The van der Waals surface area contributed by atoms with Gasteiger partial charge in [0.2, 0.25) is 5.91 Å². The molecule has 0 unspecified atom stereocenters. The molecule has 4 heterocycles. The maximum atomic E-state index is 13.3. The minimum Gasteiger partial charge on any atom is -0.481 e. The Morgan fingerprint density at radius 3 is 2.26 bits per heavy atom. The molecule has 5 atom stereocenters. The Balaban J connectivity index is 0.000000373. The van der Waals surface area contributed by atoms with Gasteiger partial charge in [-0.05, 0) is 67.9 Å². The largest absolute Gasteiger partial charge is 0.481 e. The van der Waals surface area contributed by atoms with Gasteiger partial charge in [-0.2, -0.15) is 0 Å². The van der Waals surface area contributed by atoms with Crippen LogP contribution in [0.5, 0.6) is 0 Å². The predicted octanol–water partition coefficient (Wildman–Crippen LogP) is 3.33. The second-order valence-electron chi connectivity index (χ2n) is 11.4. The van der Waals surface area contributed by atoms with Gasteiger partial charge in [-0.3, -0.25) is 19.3 Å². The van der Waals surface area contributed by atoms with Crippen LogP contribution in [0.15, 0.2) is 30.5 Å². The molecule has 208 valence electrons. The number of carboxylic acids is 2. The Morgan fingerprint density at radius 2 is 1.61 bits per heavy atom. The van der Waals surface area contributed by atoms with E-state index in [1.807, 2.05) is 18.3 Å². The molecule has 0 radical (unpaired) electrons. The molecule has 3 saturated heterocycles. The van der Waals surface area contributed by atoms with Gasteiger partial charge in [0.25, 0.3) is 11.9 Å². The molecule has 2 bridgehead atoms. The Labute approximate surface area is 224 Å². The van der Waals surface area contributed by atoms with Crippen LogP contribution in [-0.2, 0) is 20.8 Å². The summed E-state index contributed by atoms with van der Waals surface area (Å²) in [4.78, 5) is 39.6. The average Bonchev–Trinajstić information content (AvgIpc) is 3.63. The first-order valence-electron chi connectivity index (χ1n) is 13.9. The lowest BCUT2D eigenvalue weighted by Crippen LogP contribution is -2.63. The van der Waals surface area contributed by atoms with Crippen LogP contribution in [0.4, 0.5) is 0 Å². The van der Waals surface area contributed by atoms with Crippen LogP contribution in [-0.4, -0.2) is 80.6 Å². The number of amides is 1. The first-order valence-corrected chi connectivity index (χ1v) is 13.9. The number of H-pyrrole nitrogens is 1. The number of para-hydroxylation sites is 1. The minimum absolute atomic E-state index is 0.151. The standard InChI is InChI=1S/C25H34N4O.2C2H4O2/c26-21(11-18-12-27-22-5-2-1-4-20(18)22)25(30)28-13-16-10-19(15-28)24-7-3-6-23(17-8-9-17)29(24)14-16;2*1-2(3)4/h1-2,4-5,12,16-17,19,21,23-24,27H,3,6-11,13-15,26H2;2*1H3,(H,3,4)/t16-,19+,21+,23+,24-;;/m0../s1. The average molecular weight is 527 g/mol. The van der Waals surface area contributed by atoms with Gasteiger partial charge in [0, 0.05) is 62.7 Å².